The van der Waals surface area contributed by atoms with Gasteiger partial charge in [0, 0.05) is 19.7 Å². The van der Waals surface area contributed by atoms with Crippen molar-refractivity contribution in [2.45, 2.75) is 26.4 Å². The molecule has 2 amide bonds. The number of hydrogen-bond acceptors (Lipinski definition) is 6. The molecule has 0 saturated heterocycles. The summed E-state index contributed by atoms with van der Waals surface area (Å²) in [5.74, 6) is 0.0711. The molecule has 3 rings (SSSR count). The number of carbonyl (C=O) groups excluding carboxylic acids is 2. The number of aryl methyl sites for hydroxylation is 1. The van der Waals surface area contributed by atoms with E-state index in [4.69, 9.17) is 9.47 Å². The molecule has 10 heteroatoms. The van der Waals surface area contributed by atoms with Crippen LogP contribution < -0.4 is 19.1 Å². The quantitative estimate of drug-likeness (QED) is 0.623. The van der Waals surface area contributed by atoms with Gasteiger partial charge in [-0.3, -0.25) is 13.9 Å². The van der Waals surface area contributed by atoms with Gasteiger partial charge in [-0.15, -0.1) is 0 Å². The van der Waals surface area contributed by atoms with Crippen LogP contribution in [0.2, 0.25) is 0 Å². The Morgan fingerprint density at radius 1 is 1.06 bits per heavy atom. The van der Waals surface area contributed by atoms with Crippen LogP contribution in [0.5, 0.6) is 11.5 Å². The summed E-state index contributed by atoms with van der Waals surface area (Å²) in [5, 5.41) is 2.55. The minimum atomic E-state index is -3.81. The van der Waals surface area contributed by atoms with Gasteiger partial charge in [0.25, 0.3) is 0 Å². The Bertz CT molecular complexity index is 1120. The van der Waals surface area contributed by atoms with Crippen LogP contribution in [0.25, 0.3) is 0 Å². The summed E-state index contributed by atoms with van der Waals surface area (Å²) in [6.45, 7) is 4.02. The first-order valence-corrected chi connectivity index (χ1v) is 12.4. The number of fused-ring (bicyclic) bond motifs is 1. The number of anilines is 1. The Hall–Kier alpha value is -3.27. The zero-order valence-electron chi connectivity index (χ0n) is 19.2. The average molecular weight is 476 g/mol. The zero-order valence-corrected chi connectivity index (χ0v) is 20.0. The topological polar surface area (TPSA) is 105 Å². The number of nitrogens with one attached hydrogen (secondary N) is 1. The summed E-state index contributed by atoms with van der Waals surface area (Å²) in [4.78, 5) is 27.1. The molecule has 2 aromatic rings. The van der Waals surface area contributed by atoms with Crippen LogP contribution in [0.1, 0.15) is 18.1 Å². The monoisotopic (exact) mass is 475 g/mol. The number of rotatable bonds is 8. The maximum atomic E-state index is 13.4. The maximum Gasteiger partial charge on any atom is 0.244 e. The van der Waals surface area contributed by atoms with Gasteiger partial charge in [-0.25, -0.2) is 8.42 Å². The normalized spacial score (nSPS) is 13.7. The predicted molar refractivity (Wildman–Crippen MR) is 125 cm³/mol. The molecule has 33 heavy (non-hydrogen) atoms. The molecule has 1 heterocycles. The Kier molecular flexibility index (Phi) is 7.47. The number of sulfonamides is 1. The second-order valence-electron chi connectivity index (χ2n) is 7.90. The molecule has 1 aliphatic heterocycles. The lowest BCUT2D eigenvalue weighted by molar-refractivity contribution is -0.139. The third kappa shape index (κ3) is 5.95. The Balaban J connectivity index is 1.91. The van der Waals surface area contributed by atoms with E-state index in [1.54, 1.807) is 19.1 Å². The Labute approximate surface area is 194 Å². The summed E-state index contributed by atoms with van der Waals surface area (Å²) >= 11 is 0. The van der Waals surface area contributed by atoms with Crippen LogP contribution in [0.3, 0.4) is 0 Å². The van der Waals surface area contributed by atoms with Crippen molar-refractivity contribution in [2.75, 3.05) is 37.4 Å². The van der Waals surface area contributed by atoms with Crippen molar-refractivity contribution in [1.29, 1.82) is 0 Å². The molecule has 1 atom stereocenters. The molecular formula is C23H29N3O6S. The van der Waals surface area contributed by atoms with Crippen molar-refractivity contribution >= 4 is 27.5 Å². The van der Waals surface area contributed by atoms with E-state index in [0.29, 0.717) is 24.7 Å². The van der Waals surface area contributed by atoms with Crippen molar-refractivity contribution < 1.29 is 27.5 Å². The molecule has 0 bridgehead atoms. The molecule has 0 fully saturated rings. The fraction of sp³-hybridized carbons (Fsp3) is 0.391. The number of hydrogen-bond donors (Lipinski definition) is 1. The average Bonchev–Trinajstić information content (AvgIpc) is 2.80. The van der Waals surface area contributed by atoms with Gasteiger partial charge in [0.2, 0.25) is 21.8 Å². The first-order valence-electron chi connectivity index (χ1n) is 10.5. The van der Waals surface area contributed by atoms with E-state index in [0.717, 1.165) is 21.7 Å². The van der Waals surface area contributed by atoms with Crippen LogP contribution in [0.15, 0.2) is 42.5 Å². The van der Waals surface area contributed by atoms with Gasteiger partial charge in [0.15, 0.2) is 11.5 Å². The molecule has 1 aliphatic rings. The molecular weight excluding hydrogens is 446 g/mol. The largest absolute Gasteiger partial charge is 0.486 e. The fourth-order valence-electron chi connectivity index (χ4n) is 3.48. The second-order valence-corrected chi connectivity index (χ2v) is 9.80. The van der Waals surface area contributed by atoms with Gasteiger partial charge in [0.1, 0.15) is 25.8 Å². The van der Waals surface area contributed by atoms with Crippen LogP contribution in [-0.4, -0.2) is 64.2 Å². The molecule has 0 spiro atoms. The van der Waals surface area contributed by atoms with E-state index in [1.165, 1.54) is 18.0 Å². The Morgan fingerprint density at radius 2 is 1.70 bits per heavy atom. The van der Waals surface area contributed by atoms with E-state index in [2.05, 4.69) is 5.32 Å². The summed E-state index contributed by atoms with van der Waals surface area (Å²) < 4.78 is 37.3. The number of amides is 2. The lowest BCUT2D eigenvalue weighted by Crippen LogP contribution is -2.50. The summed E-state index contributed by atoms with van der Waals surface area (Å²) in [5.41, 5.74) is 2.17. The van der Waals surface area contributed by atoms with E-state index in [-0.39, 0.29) is 18.1 Å². The van der Waals surface area contributed by atoms with Gasteiger partial charge < -0.3 is 19.7 Å². The van der Waals surface area contributed by atoms with Gasteiger partial charge in [0.05, 0.1) is 11.9 Å². The molecule has 0 unspecified atom stereocenters. The van der Waals surface area contributed by atoms with Gasteiger partial charge in [-0.05, 0) is 31.5 Å². The van der Waals surface area contributed by atoms with E-state index in [1.807, 2.05) is 31.2 Å². The van der Waals surface area contributed by atoms with Crippen molar-refractivity contribution in [3.63, 3.8) is 0 Å². The van der Waals surface area contributed by atoms with Crippen molar-refractivity contribution in [3.05, 3.63) is 53.6 Å². The van der Waals surface area contributed by atoms with E-state index < -0.39 is 28.5 Å². The molecule has 0 aliphatic carbocycles. The highest BCUT2D eigenvalue weighted by Gasteiger charge is 2.30. The third-order valence-electron chi connectivity index (χ3n) is 5.38. The van der Waals surface area contributed by atoms with Crippen LogP contribution in [-0.2, 0) is 26.2 Å². The molecule has 2 aromatic carbocycles. The Morgan fingerprint density at radius 3 is 2.30 bits per heavy atom. The summed E-state index contributed by atoms with van der Waals surface area (Å²) in [7, 11) is -2.32. The number of likely N-dealkylation sites (N-methyl/N-ethyl adjacent to an activating group) is 1. The molecule has 0 radical (unpaired) electrons. The number of benzene rings is 2. The molecule has 1 N–H and O–H groups in total. The fourth-order valence-corrected chi connectivity index (χ4v) is 4.32. The predicted octanol–water partition coefficient (Wildman–Crippen LogP) is 1.70. The van der Waals surface area contributed by atoms with Crippen molar-refractivity contribution in [1.82, 2.24) is 10.2 Å². The van der Waals surface area contributed by atoms with Crippen molar-refractivity contribution in [3.8, 4) is 11.5 Å². The van der Waals surface area contributed by atoms with E-state index in [9.17, 15) is 18.0 Å². The minimum absolute atomic E-state index is 0.159. The maximum absolute atomic E-state index is 13.4. The lowest BCUT2D eigenvalue weighted by Gasteiger charge is -2.31. The summed E-state index contributed by atoms with van der Waals surface area (Å²) in [6.07, 6.45) is 1.03. The molecule has 0 aromatic heterocycles. The van der Waals surface area contributed by atoms with E-state index >= 15 is 0 Å². The summed E-state index contributed by atoms with van der Waals surface area (Å²) in [6, 6.07) is 11.5. The molecule has 0 saturated carbocycles. The molecule has 9 nitrogen and oxygen atoms in total. The smallest absolute Gasteiger partial charge is 0.244 e. The van der Waals surface area contributed by atoms with Crippen LogP contribution in [0, 0.1) is 6.92 Å². The van der Waals surface area contributed by atoms with Gasteiger partial charge in [-0.2, -0.15) is 0 Å². The highest BCUT2D eigenvalue weighted by molar-refractivity contribution is 7.92. The van der Waals surface area contributed by atoms with Gasteiger partial charge in [-0.1, -0.05) is 29.8 Å². The SMILES string of the molecule is CNC(=O)[C@H](C)N(Cc1ccc(C)cc1)C(=O)CN(c1ccc2c(c1)OCCO2)S(C)(=O)=O. The molecule has 178 valence electrons. The second kappa shape index (κ2) is 10.1. The number of ether oxygens (including phenoxy) is 2. The zero-order chi connectivity index (χ0) is 24.2. The standard InChI is InChI=1S/C23H29N3O6S/c1-16-5-7-18(8-6-16)14-25(17(2)23(28)24-3)22(27)15-26(33(4,29)30)19-9-10-20-21(13-19)32-12-11-31-20/h5-10,13,17H,11-12,14-15H2,1-4H3,(H,24,28)/t17-/m0/s1. The first kappa shape index (κ1) is 24.4. The van der Waals surface area contributed by atoms with Crippen LogP contribution in [0.4, 0.5) is 5.69 Å². The van der Waals surface area contributed by atoms with Gasteiger partial charge >= 0.3 is 0 Å². The lowest BCUT2D eigenvalue weighted by atomic mass is 10.1. The number of nitrogens with zero attached hydrogens (tertiary/aromatic N) is 2. The van der Waals surface area contributed by atoms with Crippen LogP contribution >= 0.6 is 0 Å². The minimum Gasteiger partial charge on any atom is -0.486 e. The highest BCUT2D eigenvalue weighted by Crippen LogP contribution is 2.34. The highest BCUT2D eigenvalue weighted by atomic mass is 32.2. The third-order valence-corrected chi connectivity index (χ3v) is 6.52. The van der Waals surface area contributed by atoms with Crippen molar-refractivity contribution in [2.24, 2.45) is 0 Å². The number of carbonyl (C=O) groups is 2. The first-order chi connectivity index (χ1) is 15.6.